The molecule has 0 atom stereocenters. The zero-order valence-corrected chi connectivity index (χ0v) is 14.6. The van der Waals surface area contributed by atoms with Gasteiger partial charge in [-0.3, -0.25) is 0 Å². The van der Waals surface area contributed by atoms with E-state index < -0.39 is 5.97 Å². The van der Waals surface area contributed by atoms with Crippen LogP contribution in [0.2, 0.25) is 0 Å². The second-order valence-corrected chi connectivity index (χ2v) is 6.53. The monoisotopic (exact) mass is 316 g/mol. The topological polar surface area (TPSA) is 68.2 Å². The van der Waals surface area contributed by atoms with Crippen molar-refractivity contribution in [1.29, 1.82) is 0 Å². The van der Waals surface area contributed by atoms with Gasteiger partial charge < -0.3 is 15.4 Å². The van der Waals surface area contributed by atoms with Gasteiger partial charge in [-0.1, -0.05) is 27.2 Å². The predicted octanol–water partition coefficient (Wildman–Crippen LogP) is 4.07. The molecule has 4 nitrogen and oxygen atoms in total. The van der Waals surface area contributed by atoms with Gasteiger partial charge in [0.05, 0.1) is 11.1 Å². The van der Waals surface area contributed by atoms with E-state index in [1.807, 2.05) is 6.07 Å². The summed E-state index contributed by atoms with van der Waals surface area (Å²) in [5.41, 5.74) is 10.5. The number of benzene rings is 1. The Morgan fingerprint density at radius 2 is 2.04 bits per heavy atom. The fraction of sp³-hybridized carbons (Fsp3) is 0.526. The molecular weight excluding hydrogens is 288 g/mol. The maximum absolute atomic E-state index is 11.9. The zero-order valence-electron chi connectivity index (χ0n) is 14.6. The summed E-state index contributed by atoms with van der Waals surface area (Å²) in [6, 6.07) is 4.02. The number of aromatic carboxylic acids is 1. The van der Waals surface area contributed by atoms with Crippen molar-refractivity contribution in [2.45, 2.75) is 59.4 Å². The van der Waals surface area contributed by atoms with Crippen LogP contribution >= 0.6 is 0 Å². The SMILES string of the molecule is CCCc1c(C)n(CCCN)c2c(C(=O)O)cc(C(C)C)cc12. The number of nitrogens with two attached hydrogens (primary N) is 1. The molecule has 0 amide bonds. The van der Waals surface area contributed by atoms with Crippen LogP contribution in [0.25, 0.3) is 10.9 Å². The molecule has 2 rings (SSSR count). The number of hydrogen-bond acceptors (Lipinski definition) is 2. The highest BCUT2D eigenvalue weighted by atomic mass is 16.4. The summed E-state index contributed by atoms with van der Waals surface area (Å²) in [5.74, 6) is -0.549. The minimum Gasteiger partial charge on any atom is -0.478 e. The van der Waals surface area contributed by atoms with Crippen molar-refractivity contribution >= 4 is 16.9 Å². The Morgan fingerprint density at radius 1 is 1.35 bits per heavy atom. The third kappa shape index (κ3) is 3.27. The molecule has 0 aliphatic rings. The van der Waals surface area contributed by atoms with E-state index in [2.05, 4.69) is 38.3 Å². The van der Waals surface area contributed by atoms with E-state index in [-0.39, 0.29) is 0 Å². The van der Waals surface area contributed by atoms with Crippen LogP contribution in [0.15, 0.2) is 12.1 Å². The molecule has 0 unspecified atom stereocenters. The molecule has 0 saturated heterocycles. The molecule has 0 aliphatic heterocycles. The summed E-state index contributed by atoms with van der Waals surface area (Å²) in [6.07, 6.45) is 2.87. The fourth-order valence-electron chi connectivity index (χ4n) is 3.29. The Morgan fingerprint density at radius 3 is 2.57 bits per heavy atom. The fourth-order valence-corrected chi connectivity index (χ4v) is 3.29. The molecule has 0 spiro atoms. The predicted molar refractivity (Wildman–Crippen MR) is 95.4 cm³/mol. The summed E-state index contributed by atoms with van der Waals surface area (Å²) in [4.78, 5) is 11.9. The highest BCUT2D eigenvalue weighted by Gasteiger charge is 2.21. The normalized spacial score (nSPS) is 11.6. The quantitative estimate of drug-likeness (QED) is 0.809. The highest BCUT2D eigenvalue weighted by Crippen LogP contribution is 2.33. The lowest BCUT2D eigenvalue weighted by molar-refractivity contribution is 0.0698. The van der Waals surface area contributed by atoms with Crippen molar-refractivity contribution in [3.63, 3.8) is 0 Å². The van der Waals surface area contributed by atoms with Crippen molar-refractivity contribution in [2.75, 3.05) is 6.54 Å². The molecule has 0 bridgehead atoms. The molecule has 4 heteroatoms. The molecular formula is C19H28N2O2. The first kappa shape index (κ1) is 17.5. The van der Waals surface area contributed by atoms with Gasteiger partial charge in [0.2, 0.25) is 0 Å². The third-order valence-corrected chi connectivity index (χ3v) is 4.55. The van der Waals surface area contributed by atoms with Crippen LogP contribution in [0, 0.1) is 6.92 Å². The van der Waals surface area contributed by atoms with Gasteiger partial charge in [0.15, 0.2) is 0 Å². The Kier molecular flexibility index (Phi) is 5.47. The first-order valence-electron chi connectivity index (χ1n) is 8.51. The zero-order chi connectivity index (χ0) is 17.1. The van der Waals surface area contributed by atoms with E-state index in [0.717, 1.165) is 42.3 Å². The number of nitrogens with zero attached hydrogens (tertiary/aromatic N) is 1. The summed E-state index contributed by atoms with van der Waals surface area (Å²) >= 11 is 0. The first-order chi connectivity index (χ1) is 10.9. The molecule has 0 aliphatic carbocycles. The van der Waals surface area contributed by atoms with E-state index in [0.29, 0.717) is 18.0 Å². The van der Waals surface area contributed by atoms with Crippen LogP contribution in [0.4, 0.5) is 0 Å². The average Bonchev–Trinajstić information content (AvgIpc) is 2.77. The number of carboxylic acid groups (broad SMARTS) is 1. The van der Waals surface area contributed by atoms with Gasteiger partial charge in [-0.25, -0.2) is 4.79 Å². The van der Waals surface area contributed by atoms with Crippen LogP contribution in [-0.4, -0.2) is 22.2 Å². The molecule has 0 saturated carbocycles. The number of aromatic nitrogens is 1. The van der Waals surface area contributed by atoms with Gasteiger partial charge in [-0.2, -0.15) is 0 Å². The summed E-state index contributed by atoms with van der Waals surface area (Å²) in [5, 5.41) is 10.8. The molecule has 2 aromatic rings. The van der Waals surface area contributed by atoms with Crippen LogP contribution in [0.1, 0.15) is 66.7 Å². The van der Waals surface area contributed by atoms with Gasteiger partial charge in [0.1, 0.15) is 0 Å². The van der Waals surface area contributed by atoms with E-state index in [9.17, 15) is 9.90 Å². The summed E-state index contributed by atoms with van der Waals surface area (Å²) in [6.45, 7) is 9.84. The molecule has 23 heavy (non-hydrogen) atoms. The minimum atomic E-state index is -0.855. The lowest BCUT2D eigenvalue weighted by Crippen LogP contribution is -2.09. The van der Waals surface area contributed by atoms with Gasteiger partial charge >= 0.3 is 5.97 Å². The van der Waals surface area contributed by atoms with Gasteiger partial charge in [0.25, 0.3) is 0 Å². The molecule has 126 valence electrons. The minimum absolute atomic E-state index is 0.305. The number of fused-ring (bicyclic) bond motifs is 1. The summed E-state index contributed by atoms with van der Waals surface area (Å²) in [7, 11) is 0. The Hall–Kier alpha value is -1.81. The maximum atomic E-state index is 11.9. The smallest absolute Gasteiger partial charge is 0.337 e. The standard InChI is InChI=1S/C19H28N2O2/c1-5-7-15-13(4)21(9-6-8-20)18-16(15)10-14(12(2)3)11-17(18)19(22)23/h10-12H,5-9,20H2,1-4H3,(H,22,23). The van der Waals surface area contributed by atoms with Crippen LogP contribution < -0.4 is 5.73 Å². The van der Waals surface area contributed by atoms with Crippen LogP contribution in [-0.2, 0) is 13.0 Å². The number of aryl methyl sites for hydroxylation is 2. The molecule has 0 radical (unpaired) electrons. The van der Waals surface area contributed by atoms with E-state index in [4.69, 9.17) is 5.73 Å². The van der Waals surface area contributed by atoms with Crippen molar-refractivity contribution < 1.29 is 9.90 Å². The Balaban J connectivity index is 2.83. The number of carboxylic acids is 1. The van der Waals surface area contributed by atoms with Crippen molar-refractivity contribution in [2.24, 2.45) is 5.73 Å². The second-order valence-electron chi connectivity index (χ2n) is 6.53. The molecule has 3 N–H and O–H groups in total. The number of rotatable bonds is 7. The van der Waals surface area contributed by atoms with E-state index >= 15 is 0 Å². The lowest BCUT2D eigenvalue weighted by atomic mass is 9.96. The highest BCUT2D eigenvalue weighted by molar-refractivity contribution is 6.04. The Labute approximate surface area is 138 Å². The van der Waals surface area contributed by atoms with Gasteiger partial charge in [-0.05, 0) is 55.5 Å². The van der Waals surface area contributed by atoms with Crippen molar-refractivity contribution in [3.8, 4) is 0 Å². The number of carbonyl (C=O) groups is 1. The van der Waals surface area contributed by atoms with Crippen molar-refractivity contribution in [3.05, 3.63) is 34.5 Å². The molecule has 1 heterocycles. The largest absolute Gasteiger partial charge is 0.478 e. The van der Waals surface area contributed by atoms with E-state index in [1.54, 1.807) is 0 Å². The number of hydrogen-bond donors (Lipinski definition) is 2. The molecule has 1 aromatic heterocycles. The average molecular weight is 316 g/mol. The van der Waals surface area contributed by atoms with Gasteiger partial charge in [0, 0.05) is 17.6 Å². The lowest BCUT2D eigenvalue weighted by Gasteiger charge is -2.12. The van der Waals surface area contributed by atoms with Gasteiger partial charge in [-0.15, -0.1) is 0 Å². The summed E-state index contributed by atoms with van der Waals surface area (Å²) < 4.78 is 2.15. The second kappa shape index (κ2) is 7.18. The van der Waals surface area contributed by atoms with Crippen LogP contribution in [0.3, 0.4) is 0 Å². The molecule has 1 aromatic carbocycles. The van der Waals surface area contributed by atoms with Crippen molar-refractivity contribution in [1.82, 2.24) is 4.57 Å². The first-order valence-corrected chi connectivity index (χ1v) is 8.51. The Bertz CT molecular complexity index is 714. The third-order valence-electron chi connectivity index (χ3n) is 4.55. The van der Waals surface area contributed by atoms with Crippen LogP contribution in [0.5, 0.6) is 0 Å². The maximum Gasteiger partial charge on any atom is 0.337 e. The molecule has 0 fully saturated rings. The van der Waals surface area contributed by atoms with E-state index in [1.165, 1.54) is 11.3 Å².